The van der Waals surface area contributed by atoms with Crippen LogP contribution in [0, 0.1) is 23.7 Å². The van der Waals surface area contributed by atoms with Gasteiger partial charge in [0.1, 0.15) is 18.2 Å². The van der Waals surface area contributed by atoms with E-state index >= 15 is 0 Å². The molecule has 1 aliphatic heterocycles. The molecule has 0 spiro atoms. The van der Waals surface area contributed by atoms with Crippen molar-refractivity contribution in [2.24, 2.45) is 0 Å². The van der Waals surface area contributed by atoms with Crippen LogP contribution in [0.3, 0.4) is 0 Å². The lowest BCUT2D eigenvalue weighted by Gasteiger charge is -2.12. The Morgan fingerprint density at radius 2 is 2.38 bits per heavy atom. The zero-order valence-electron chi connectivity index (χ0n) is 14.4. The predicted octanol–water partition coefficient (Wildman–Crippen LogP) is 2.67. The SMILES string of the molecule is C#CCOc1c(Br)cc(/C=C(\C#N)C(=O)NC[C@H]2CCCO2)cc1OC. The fourth-order valence-corrected chi connectivity index (χ4v) is 3.07. The van der Waals surface area contributed by atoms with Gasteiger partial charge in [-0.3, -0.25) is 4.79 Å². The van der Waals surface area contributed by atoms with E-state index in [1.807, 2.05) is 6.07 Å². The Balaban J connectivity index is 2.16. The summed E-state index contributed by atoms with van der Waals surface area (Å²) in [6, 6.07) is 5.32. The number of nitrogens with zero attached hydrogens (tertiary/aromatic N) is 1. The second-order valence-corrected chi connectivity index (χ2v) is 6.40. The number of benzene rings is 1. The van der Waals surface area contributed by atoms with Crippen LogP contribution in [-0.2, 0) is 9.53 Å². The molecule has 1 N–H and O–H groups in total. The number of hydrogen-bond acceptors (Lipinski definition) is 5. The molecule has 1 fully saturated rings. The number of methoxy groups -OCH3 is 1. The van der Waals surface area contributed by atoms with Crippen LogP contribution in [-0.4, -0.2) is 38.9 Å². The first-order valence-corrected chi connectivity index (χ1v) is 8.83. The van der Waals surface area contributed by atoms with E-state index in [0.717, 1.165) is 12.8 Å². The molecule has 0 saturated carbocycles. The Morgan fingerprint density at radius 3 is 3.00 bits per heavy atom. The van der Waals surface area contributed by atoms with Gasteiger partial charge in [0, 0.05) is 13.2 Å². The average Bonchev–Trinajstić information content (AvgIpc) is 3.16. The molecule has 0 bridgehead atoms. The Bertz CT molecular complexity index is 771. The lowest BCUT2D eigenvalue weighted by molar-refractivity contribution is -0.117. The lowest BCUT2D eigenvalue weighted by atomic mass is 10.1. The van der Waals surface area contributed by atoms with Crippen molar-refractivity contribution in [3.05, 3.63) is 27.7 Å². The number of carbonyl (C=O) groups excluding carboxylic acids is 1. The number of ether oxygens (including phenoxy) is 3. The fraction of sp³-hybridized carbons (Fsp3) is 0.368. The number of nitrogens with one attached hydrogen (secondary N) is 1. The van der Waals surface area contributed by atoms with Gasteiger partial charge in [0.25, 0.3) is 5.91 Å². The Labute approximate surface area is 161 Å². The molecule has 1 aliphatic rings. The zero-order valence-corrected chi connectivity index (χ0v) is 16.0. The summed E-state index contributed by atoms with van der Waals surface area (Å²) in [4.78, 5) is 12.2. The molecule has 0 unspecified atom stereocenters. The molecule has 0 aliphatic carbocycles. The van der Waals surface area contributed by atoms with Gasteiger partial charge in [-0.15, -0.1) is 6.42 Å². The van der Waals surface area contributed by atoms with Crippen LogP contribution in [0.15, 0.2) is 22.2 Å². The van der Waals surface area contributed by atoms with Crippen LogP contribution in [0.25, 0.3) is 6.08 Å². The average molecular weight is 419 g/mol. The van der Waals surface area contributed by atoms with E-state index in [4.69, 9.17) is 20.6 Å². The van der Waals surface area contributed by atoms with Gasteiger partial charge in [0.05, 0.1) is 17.7 Å². The molecule has 1 saturated heterocycles. The standard InChI is InChI=1S/C19H19BrN2O4/c1-3-6-26-18-16(20)9-13(10-17(18)24-2)8-14(11-21)19(23)22-12-15-5-4-7-25-15/h1,8-10,15H,4-7,12H2,2H3,(H,22,23)/b14-8+/t15-/m1/s1. The fourth-order valence-electron chi connectivity index (χ4n) is 2.50. The Morgan fingerprint density at radius 1 is 1.58 bits per heavy atom. The van der Waals surface area contributed by atoms with Crippen molar-refractivity contribution in [2.45, 2.75) is 18.9 Å². The zero-order chi connectivity index (χ0) is 18.9. The molecule has 1 atom stereocenters. The molecule has 136 valence electrons. The highest BCUT2D eigenvalue weighted by atomic mass is 79.9. The first-order chi connectivity index (χ1) is 12.6. The smallest absolute Gasteiger partial charge is 0.262 e. The minimum absolute atomic E-state index is 0.00533. The number of nitriles is 1. The van der Waals surface area contributed by atoms with Crippen LogP contribution in [0.5, 0.6) is 11.5 Å². The highest BCUT2D eigenvalue weighted by molar-refractivity contribution is 9.10. The van der Waals surface area contributed by atoms with Gasteiger partial charge in [-0.25, -0.2) is 0 Å². The summed E-state index contributed by atoms with van der Waals surface area (Å²) in [6.07, 6.45) is 8.61. The number of rotatable bonds is 7. The monoisotopic (exact) mass is 418 g/mol. The maximum absolute atomic E-state index is 12.2. The van der Waals surface area contributed by atoms with Gasteiger partial charge in [-0.1, -0.05) is 5.92 Å². The second-order valence-electron chi connectivity index (χ2n) is 5.54. The molecule has 7 heteroatoms. The van der Waals surface area contributed by atoms with E-state index in [1.165, 1.54) is 13.2 Å². The third-order valence-electron chi connectivity index (χ3n) is 3.74. The Hall–Kier alpha value is -2.48. The molecule has 0 radical (unpaired) electrons. The summed E-state index contributed by atoms with van der Waals surface area (Å²) in [5.41, 5.74) is 0.611. The third-order valence-corrected chi connectivity index (χ3v) is 4.33. The van der Waals surface area contributed by atoms with Crippen molar-refractivity contribution >= 4 is 27.9 Å². The maximum atomic E-state index is 12.2. The van der Waals surface area contributed by atoms with Crippen molar-refractivity contribution < 1.29 is 19.0 Å². The van der Waals surface area contributed by atoms with Gasteiger partial charge in [0.2, 0.25) is 0 Å². The summed E-state index contributed by atoms with van der Waals surface area (Å²) in [7, 11) is 1.50. The normalized spacial score (nSPS) is 16.5. The summed E-state index contributed by atoms with van der Waals surface area (Å²) < 4.78 is 16.8. The van der Waals surface area contributed by atoms with Crippen LogP contribution >= 0.6 is 15.9 Å². The molecular formula is C19H19BrN2O4. The maximum Gasteiger partial charge on any atom is 0.262 e. The van der Waals surface area contributed by atoms with Gasteiger partial charge < -0.3 is 19.5 Å². The molecule has 1 heterocycles. The summed E-state index contributed by atoms with van der Waals surface area (Å²) in [5.74, 6) is 2.85. The van der Waals surface area contributed by atoms with Gasteiger partial charge in [-0.05, 0) is 52.5 Å². The Kier molecular flexibility index (Phi) is 7.53. The highest BCUT2D eigenvalue weighted by Crippen LogP contribution is 2.37. The third kappa shape index (κ3) is 5.26. The largest absolute Gasteiger partial charge is 0.493 e. The minimum atomic E-state index is -0.439. The van der Waals surface area contributed by atoms with E-state index in [0.29, 0.717) is 34.7 Å². The van der Waals surface area contributed by atoms with E-state index in [1.54, 1.807) is 12.1 Å². The number of hydrogen-bond donors (Lipinski definition) is 1. The van der Waals surface area contributed by atoms with E-state index in [2.05, 4.69) is 27.2 Å². The quantitative estimate of drug-likeness (QED) is 0.418. The van der Waals surface area contributed by atoms with Gasteiger partial charge in [-0.2, -0.15) is 5.26 Å². The van der Waals surface area contributed by atoms with Crippen molar-refractivity contribution in [3.63, 3.8) is 0 Å². The number of halogens is 1. The van der Waals surface area contributed by atoms with Crippen molar-refractivity contribution in [1.29, 1.82) is 5.26 Å². The first-order valence-electron chi connectivity index (χ1n) is 8.04. The van der Waals surface area contributed by atoms with E-state index in [-0.39, 0.29) is 18.3 Å². The topological polar surface area (TPSA) is 80.6 Å². The van der Waals surface area contributed by atoms with Crippen molar-refractivity contribution in [1.82, 2.24) is 5.32 Å². The van der Waals surface area contributed by atoms with E-state index in [9.17, 15) is 10.1 Å². The van der Waals surface area contributed by atoms with Gasteiger partial charge in [0.15, 0.2) is 11.5 Å². The van der Waals surface area contributed by atoms with Crippen LogP contribution in [0.4, 0.5) is 0 Å². The van der Waals surface area contributed by atoms with Crippen molar-refractivity contribution in [3.8, 4) is 29.9 Å². The molecule has 2 rings (SSSR count). The predicted molar refractivity (Wildman–Crippen MR) is 101 cm³/mol. The molecule has 26 heavy (non-hydrogen) atoms. The first kappa shape index (κ1) is 19.8. The highest BCUT2D eigenvalue weighted by Gasteiger charge is 2.18. The molecule has 1 amide bonds. The molecule has 1 aromatic carbocycles. The van der Waals surface area contributed by atoms with Crippen molar-refractivity contribution in [2.75, 3.05) is 26.9 Å². The van der Waals surface area contributed by atoms with Crippen LogP contribution in [0.2, 0.25) is 0 Å². The van der Waals surface area contributed by atoms with Gasteiger partial charge >= 0.3 is 0 Å². The molecule has 0 aromatic heterocycles. The van der Waals surface area contributed by atoms with Crippen LogP contribution in [0.1, 0.15) is 18.4 Å². The second kappa shape index (κ2) is 9.86. The number of carbonyl (C=O) groups is 1. The number of terminal acetylenes is 1. The summed E-state index contributed by atoms with van der Waals surface area (Å²) >= 11 is 3.39. The number of amides is 1. The summed E-state index contributed by atoms with van der Waals surface area (Å²) in [5, 5.41) is 12.0. The summed E-state index contributed by atoms with van der Waals surface area (Å²) in [6.45, 7) is 1.20. The molecular weight excluding hydrogens is 400 g/mol. The van der Waals surface area contributed by atoms with Crippen LogP contribution < -0.4 is 14.8 Å². The van der Waals surface area contributed by atoms with E-state index < -0.39 is 5.91 Å². The molecule has 6 nitrogen and oxygen atoms in total. The molecule has 1 aromatic rings. The lowest BCUT2D eigenvalue weighted by Crippen LogP contribution is -2.32. The minimum Gasteiger partial charge on any atom is -0.493 e.